The minimum absolute atomic E-state index is 0.647. The number of nitrogens with zero attached hydrogens (tertiary/aromatic N) is 2. The quantitative estimate of drug-likeness (QED) is 0.230. The topological polar surface area (TPSA) is 6.48 Å². The minimum atomic E-state index is 0.647. The van der Waals surface area contributed by atoms with E-state index >= 15 is 0 Å². The van der Waals surface area contributed by atoms with Gasteiger partial charge in [-0.3, -0.25) is 0 Å². The van der Waals surface area contributed by atoms with E-state index in [1.807, 2.05) is 0 Å². The largest absolute Gasteiger partial charge is 0.356 e. The van der Waals surface area contributed by atoms with E-state index in [1.165, 1.54) is 116 Å². The summed E-state index contributed by atoms with van der Waals surface area (Å²) in [5.74, 6) is 0. The van der Waals surface area contributed by atoms with Crippen LogP contribution in [0.1, 0.15) is 124 Å². The number of rotatable bonds is 18. The highest BCUT2D eigenvalue weighted by atomic mass is 15.4. The SMILES string of the molecule is CCCCCCCCCN1C=CN(CCCCCC)C1CCCCCC. The van der Waals surface area contributed by atoms with E-state index in [0.717, 1.165) is 0 Å². The van der Waals surface area contributed by atoms with Crippen molar-refractivity contribution in [2.24, 2.45) is 0 Å². The van der Waals surface area contributed by atoms with E-state index in [0.29, 0.717) is 6.17 Å². The molecule has 0 aromatic rings. The second-order valence-corrected chi connectivity index (χ2v) is 8.29. The minimum Gasteiger partial charge on any atom is -0.356 e. The Hall–Kier alpha value is -0.660. The van der Waals surface area contributed by atoms with Crippen molar-refractivity contribution in [1.29, 1.82) is 0 Å². The second kappa shape index (κ2) is 16.5. The van der Waals surface area contributed by atoms with Crippen LogP contribution >= 0.6 is 0 Å². The smallest absolute Gasteiger partial charge is 0.101 e. The van der Waals surface area contributed by atoms with Gasteiger partial charge in [0.1, 0.15) is 6.17 Å². The Bertz CT molecular complexity index is 326. The van der Waals surface area contributed by atoms with Crippen molar-refractivity contribution in [3.63, 3.8) is 0 Å². The number of hydrogen-bond acceptors (Lipinski definition) is 2. The van der Waals surface area contributed by atoms with Gasteiger partial charge in [0.2, 0.25) is 0 Å². The van der Waals surface area contributed by atoms with Crippen molar-refractivity contribution >= 4 is 0 Å². The summed E-state index contributed by atoms with van der Waals surface area (Å²) < 4.78 is 0. The highest BCUT2D eigenvalue weighted by molar-refractivity contribution is 4.96. The Morgan fingerprint density at radius 1 is 0.500 bits per heavy atom. The lowest BCUT2D eigenvalue weighted by molar-refractivity contribution is 0.135. The Labute approximate surface area is 165 Å². The summed E-state index contributed by atoms with van der Waals surface area (Å²) in [6.07, 6.45) is 27.6. The summed E-state index contributed by atoms with van der Waals surface area (Å²) in [6, 6.07) is 0. The Morgan fingerprint density at radius 2 is 0.885 bits per heavy atom. The maximum absolute atomic E-state index is 2.65. The molecule has 154 valence electrons. The van der Waals surface area contributed by atoms with Gasteiger partial charge in [-0.05, 0) is 25.7 Å². The van der Waals surface area contributed by atoms with Crippen LogP contribution in [0.2, 0.25) is 0 Å². The summed E-state index contributed by atoms with van der Waals surface area (Å²) in [5, 5.41) is 0. The molecule has 0 amide bonds. The molecule has 0 radical (unpaired) electrons. The summed E-state index contributed by atoms with van der Waals surface area (Å²) in [7, 11) is 0. The highest BCUT2D eigenvalue weighted by Gasteiger charge is 2.24. The Morgan fingerprint density at radius 3 is 1.38 bits per heavy atom. The van der Waals surface area contributed by atoms with E-state index < -0.39 is 0 Å². The van der Waals surface area contributed by atoms with Crippen molar-refractivity contribution in [2.45, 2.75) is 130 Å². The van der Waals surface area contributed by atoms with Gasteiger partial charge in [0, 0.05) is 25.5 Å². The zero-order valence-corrected chi connectivity index (χ0v) is 18.4. The van der Waals surface area contributed by atoms with E-state index in [1.54, 1.807) is 0 Å². The number of hydrogen-bond donors (Lipinski definition) is 0. The van der Waals surface area contributed by atoms with Crippen molar-refractivity contribution in [3.05, 3.63) is 12.4 Å². The van der Waals surface area contributed by atoms with Crippen molar-refractivity contribution in [3.8, 4) is 0 Å². The Balaban J connectivity index is 2.29. The fourth-order valence-corrected chi connectivity index (χ4v) is 4.07. The van der Waals surface area contributed by atoms with E-state index in [2.05, 4.69) is 43.0 Å². The standard InChI is InChI=1S/C24H48N2/c1-4-7-10-13-14-15-18-21-26-23-22-25(20-17-12-9-6-3)24(26)19-16-11-8-5-2/h22-24H,4-21H2,1-3H3. The molecule has 0 aromatic heterocycles. The average molecular weight is 365 g/mol. The van der Waals surface area contributed by atoms with Crippen LogP contribution in [0.3, 0.4) is 0 Å². The normalized spacial score (nSPS) is 16.8. The summed E-state index contributed by atoms with van der Waals surface area (Å²) in [6.45, 7) is 9.42. The van der Waals surface area contributed by atoms with Crippen molar-refractivity contribution < 1.29 is 0 Å². The van der Waals surface area contributed by atoms with Gasteiger partial charge in [0.05, 0.1) is 0 Å². The van der Waals surface area contributed by atoms with Crippen LogP contribution in [0.25, 0.3) is 0 Å². The van der Waals surface area contributed by atoms with Gasteiger partial charge in [-0.15, -0.1) is 0 Å². The van der Waals surface area contributed by atoms with Crippen molar-refractivity contribution in [1.82, 2.24) is 9.80 Å². The van der Waals surface area contributed by atoms with Crippen LogP contribution in [0.5, 0.6) is 0 Å². The third-order valence-corrected chi connectivity index (χ3v) is 5.82. The molecule has 0 saturated heterocycles. The van der Waals surface area contributed by atoms with Gasteiger partial charge in [-0.25, -0.2) is 0 Å². The first-order valence-electron chi connectivity index (χ1n) is 12.0. The molecule has 0 bridgehead atoms. The number of unbranched alkanes of at least 4 members (excludes halogenated alkanes) is 12. The van der Waals surface area contributed by atoms with E-state index in [4.69, 9.17) is 0 Å². The molecule has 26 heavy (non-hydrogen) atoms. The molecule has 0 saturated carbocycles. The first-order chi connectivity index (χ1) is 12.8. The summed E-state index contributed by atoms with van der Waals surface area (Å²) in [5.41, 5.74) is 0. The van der Waals surface area contributed by atoms with Crippen LogP contribution in [-0.4, -0.2) is 29.1 Å². The van der Waals surface area contributed by atoms with Gasteiger partial charge in [0.15, 0.2) is 0 Å². The van der Waals surface area contributed by atoms with Gasteiger partial charge < -0.3 is 9.80 Å². The fraction of sp³-hybridized carbons (Fsp3) is 0.917. The molecule has 0 fully saturated rings. The lowest BCUT2D eigenvalue weighted by Crippen LogP contribution is -2.39. The molecule has 1 atom stereocenters. The summed E-state index contributed by atoms with van der Waals surface area (Å²) in [4.78, 5) is 5.29. The maximum atomic E-state index is 2.65. The fourth-order valence-electron chi connectivity index (χ4n) is 4.07. The molecular formula is C24H48N2. The first-order valence-corrected chi connectivity index (χ1v) is 12.0. The van der Waals surface area contributed by atoms with Gasteiger partial charge in [0.25, 0.3) is 0 Å². The lowest BCUT2D eigenvalue weighted by atomic mass is 10.1. The van der Waals surface area contributed by atoms with Gasteiger partial charge >= 0.3 is 0 Å². The van der Waals surface area contributed by atoms with Gasteiger partial charge in [-0.2, -0.15) is 0 Å². The zero-order chi connectivity index (χ0) is 18.9. The summed E-state index contributed by atoms with van der Waals surface area (Å²) >= 11 is 0. The molecule has 1 aliphatic rings. The lowest BCUT2D eigenvalue weighted by Gasteiger charge is -2.33. The molecule has 0 aliphatic carbocycles. The van der Waals surface area contributed by atoms with Gasteiger partial charge in [-0.1, -0.05) is 97.8 Å². The van der Waals surface area contributed by atoms with E-state index in [9.17, 15) is 0 Å². The average Bonchev–Trinajstić information content (AvgIpc) is 3.03. The molecule has 0 N–H and O–H groups in total. The molecule has 0 spiro atoms. The predicted molar refractivity (Wildman–Crippen MR) is 117 cm³/mol. The third kappa shape index (κ3) is 10.5. The molecule has 1 unspecified atom stereocenters. The molecule has 1 aliphatic heterocycles. The highest BCUT2D eigenvalue weighted by Crippen LogP contribution is 2.23. The van der Waals surface area contributed by atoms with Crippen LogP contribution in [0.4, 0.5) is 0 Å². The van der Waals surface area contributed by atoms with Crippen LogP contribution in [-0.2, 0) is 0 Å². The molecule has 2 heteroatoms. The van der Waals surface area contributed by atoms with Crippen LogP contribution in [0, 0.1) is 0 Å². The monoisotopic (exact) mass is 364 g/mol. The van der Waals surface area contributed by atoms with Crippen LogP contribution < -0.4 is 0 Å². The third-order valence-electron chi connectivity index (χ3n) is 5.82. The molecule has 0 aromatic carbocycles. The first kappa shape index (κ1) is 23.4. The molecular weight excluding hydrogens is 316 g/mol. The van der Waals surface area contributed by atoms with Crippen LogP contribution in [0.15, 0.2) is 12.4 Å². The maximum Gasteiger partial charge on any atom is 0.101 e. The van der Waals surface area contributed by atoms with E-state index in [-0.39, 0.29) is 0 Å². The molecule has 2 nitrogen and oxygen atoms in total. The molecule has 1 rings (SSSR count). The van der Waals surface area contributed by atoms with Crippen molar-refractivity contribution in [2.75, 3.05) is 13.1 Å². The molecule has 1 heterocycles. The predicted octanol–water partition coefficient (Wildman–Crippen LogP) is 7.70. The second-order valence-electron chi connectivity index (χ2n) is 8.29. The Kier molecular flexibility index (Phi) is 14.8. The zero-order valence-electron chi connectivity index (χ0n) is 18.4.